The van der Waals surface area contributed by atoms with Crippen molar-refractivity contribution in [3.05, 3.63) is 12.2 Å². The number of hydrogen-bond donors (Lipinski definition) is 1. The Balaban J connectivity index is 0. The molecule has 10 heavy (non-hydrogen) atoms. The maximum atomic E-state index is 9.60. The molecule has 1 fully saturated rings. The molecular weight excluding hydrogens is 143 g/mol. The van der Waals surface area contributed by atoms with Crippen molar-refractivity contribution in [2.45, 2.75) is 6.92 Å². The van der Waals surface area contributed by atoms with Crippen LogP contribution in [0.1, 0.15) is 6.92 Å². The molecule has 1 radical (unpaired) electrons. The van der Waals surface area contributed by atoms with Gasteiger partial charge in [0.25, 0.3) is 0 Å². The molecule has 1 rings (SSSR count). The largest absolute Gasteiger partial charge is 0.478 e. The predicted molar refractivity (Wildman–Crippen MR) is 39.0 cm³/mol. The Bertz CT molecular complexity index is 105. The molecule has 0 aromatic rings. The molecule has 0 aromatic carbocycles. The first-order valence-corrected chi connectivity index (χ1v) is 2.61. The van der Waals surface area contributed by atoms with E-state index < -0.39 is 5.97 Å². The van der Waals surface area contributed by atoms with Crippen molar-refractivity contribution in [2.75, 3.05) is 13.2 Å². The number of ether oxygens (including phenoxy) is 1. The van der Waals surface area contributed by atoms with Crippen LogP contribution in [0.3, 0.4) is 0 Å². The van der Waals surface area contributed by atoms with Crippen molar-refractivity contribution in [1.82, 2.24) is 0 Å². The van der Waals surface area contributed by atoms with E-state index in [9.17, 15) is 4.79 Å². The Hall–Kier alpha value is 0.170. The number of rotatable bonds is 1. The third-order valence-electron chi connectivity index (χ3n) is 0.569. The molecule has 0 aromatic heterocycles. The van der Waals surface area contributed by atoms with E-state index in [0.717, 1.165) is 13.2 Å². The molecule has 1 heterocycles. The molecule has 3 nitrogen and oxygen atoms in total. The summed E-state index contributed by atoms with van der Waals surface area (Å²) in [6.07, 6.45) is 0. The van der Waals surface area contributed by atoms with E-state index in [-0.39, 0.29) is 35.1 Å². The minimum Gasteiger partial charge on any atom is -0.478 e. The zero-order valence-corrected chi connectivity index (χ0v) is 8.39. The summed E-state index contributed by atoms with van der Waals surface area (Å²) in [7, 11) is 0. The van der Waals surface area contributed by atoms with Gasteiger partial charge in [0.1, 0.15) is 0 Å². The average Bonchev–Trinajstić information content (AvgIpc) is 2.46. The molecule has 0 bridgehead atoms. The monoisotopic (exact) mass is 153 g/mol. The SMILES string of the molecule is C1CO1.C=C(C)C(=O)O.[Na]. The Morgan fingerprint density at radius 3 is 1.80 bits per heavy atom. The van der Waals surface area contributed by atoms with Crippen LogP contribution in [0.15, 0.2) is 12.2 Å². The molecule has 4 heteroatoms. The van der Waals surface area contributed by atoms with Crippen LogP contribution < -0.4 is 0 Å². The van der Waals surface area contributed by atoms with Crippen molar-refractivity contribution < 1.29 is 14.6 Å². The van der Waals surface area contributed by atoms with Gasteiger partial charge < -0.3 is 9.84 Å². The van der Waals surface area contributed by atoms with Crippen LogP contribution in [-0.4, -0.2) is 53.8 Å². The Morgan fingerprint density at radius 1 is 1.60 bits per heavy atom. The number of carboxylic acids is 1. The van der Waals surface area contributed by atoms with Gasteiger partial charge in [-0.3, -0.25) is 0 Å². The van der Waals surface area contributed by atoms with E-state index in [1.165, 1.54) is 6.92 Å². The number of aliphatic carboxylic acids is 1. The van der Waals surface area contributed by atoms with Crippen LogP contribution in [0.25, 0.3) is 0 Å². The predicted octanol–water partition coefficient (Wildman–Crippen LogP) is 0.283. The van der Waals surface area contributed by atoms with Crippen LogP contribution in [0.5, 0.6) is 0 Å². The molecule has 0 unspecified atom stereocenters. The number of hydrogen-bond acceptors (Lipinski definition) is 2. The summed E-state index contributed by atoms with van der Waals surface area (Å²) in [5, 5.41) is 7.89. The van der Waals surface area contributed by atoms with Crippen molar-refractivity contribution in [3.63, 3.8) is 0 Å². The molecule has 1 aliphatic heterocycles. The van der Waals surface area contributed by atoms with Gasteiger partial charge >= 0.3 is 5.97 Å². The molecular formula is C6H10NaO3. The van der Waals surface area contributed by atoms with Crippen molar-refractivity contribution in [3.8, 4) is 0 Å². The fraction of sp³-hybridized carbons (Fsp3) is 0.500. The molecule has 1 saturated heterocycles. The molecule has 1 N–H and O–H groups in total. The summed E-state index contributed by atoms with van der Waals surface area (Å²) < 4.78 is 4.50. The van der Waals surface area contributed by atoms with E-state index >= 15 is 0 Å². The zero-order chi connectivity index (χ0) is 7.28. The summed E-state index contributed by atoms with van der Waals surface area (Å²) in [4.78, 5) is 9.60. The van der Waals surface area contributed by atoms with E-state index in [4.69, 9.17) is 5.11 Å². The molecule has 0 saturated carbocycles. The Kier molecular flexibility index (Phi) is 9.33. The topological polar surface area (TPSA) is 49.8 Å². The maximum absolute atomic E-state index is 9.60. The van der Waals surface area contributed by atoms with Crippen molar-refractivity contribution in [1.29, 1.82) is 0 Å². The van der Waals surface area contributed by atoms with Crippen LogP contribution in [0.4, 0.5) is 0 Å². The van der Waals surface area contributed by atoms with Crippen molar-refractivity contribution >= 4 is 35.5 Å². The zero-order valence-electron chi connectivity index (χ0n) is 6.39. The summed E-state index contributed by atoms with van der Waals surface area (Å²) in [5.41, 5.74) is 0.176. The van der Waals surface area contributed by atoms with E-state index in [1.807, 2.05) is 0 Å². The third-order valence-corrected chi connectivity index (χ3v) is 0.569. The molecule has 1 aliphatic rings. The fourth-order valence-electron chi connectivity index (χ4n) is 0. The fourth-order valence-corrected chi connectivity index (χ4v) is 0. The first-order valence-electron chi connectivity index (χ1n) is 2.61. The van der Waals surface area contributed by atoms with Crippen molar-refractivity contribution in [2.24, 2.45) is 0 Å². The van der Waals surface area contributed by atoms with Crippen LogP contribution in [-0.2, 0) is 9.53 Å². The van der Waals surface area contributed by atoms with Gasteiger partial charge in [-0.05, 0) is 6.92 Å². The molecule has 0 spiro atoms. The first-order chi connectivity index (χ1) is 4.14. The average molecular weight is 153 g/mol. The number of carbonyl (C=O) groups is 1. The van der Waals surface area contributed by atoms with Gasteiger partial charge in [-0.2, -0.15) is 0 Å². The standard InChI is InChI=1S/C4H6O2.C2H4O.Na/c1-3(2)4(5)6;1-2-3-1;/h1H2,2H3,(H,5,6);1-2H2;. The number of epoxide rings is 1. The molecule has 0 atom stereocenters. The van der Waals surface area contributed by atoms with E-state index in [2.05, 4.69) is 11.3 Å². The minimum atomic E-state index is -0.935. The number of carboxylic acid groups (broad SMARTS) is 1. The van der Waals surface area contributed by atoms with E-state index in [0.29, 0.717) is 0 Å². The summed E-state index contributed by atoms with van der Waals surface area (Å²) in [6.45, 7) is 6.60. The van der Waals surface area contributed by atoms with Crippen LogP contribution in [0, 0.1) is 0 Å². The summed E-state index contributed by atoms with van der Waals surface area (Å²) in [6, 6.07) is 0. The van der Waals surface area contributed by atoms with Gasteiger partial charge in [0.2, 0.25) is 0 Å². The second-order valence-corrected chi connectivity index (χ2v) is 1.70. The molecule has 0 amide bonds. The first kappa shape index (κ1) is 12.8. The van der Waals surface area contributed by atoms with Gasteiger partial charge in [-0.1, -0.05) is 6.58 Å². The van der Waals surface area contributed by atoms with E-state index in [1.54, 1.807) is 0 Å². The maximum Gasteiger partial charge on any atom is 0.330 e. The normalized spacial score (nSPS) is 11.7. The summed E-state index contributed by atoms with van der Waals surface area (Å²) in [5.74, 6) is -0.935. The van der Waals surface area contributed by atoms with Gasteiger partial charge in [-0.25, -0.2) is 4.79 Å². The van der Waals surface area contributed by atoms with Gasteiger partial charge in [0.15, 0.2) is 0 Å². The second-order valence-electron chi connectivity index (χ2n) is 1.70. The third kappa shape index (κ3) is 15.7. The van der Waals surface area contributed by atoms with Crippen LogP contribution in [0.2, 0.25) is 0 Å². The van der Waals surface area contributed by atoms with Gasteiger partial charge in [-0.15, -0.1) is 0 Å². The smallest absolute Gasteiger partial charge is 0.330 e. The Morgan fingerprint density at radius 2 is 1.80 bits per heavy atom. The van der Waals surface area contributed by atoms with Crippen LogP contribution >= 0.6 is 0 Å². The van der Waals surface area contributed by atoms with Gasteiger partial charge in [0, 0.05) is 35.1 Å². The molecule has 0 aliphatic carbocycles. The van der Waals surface area contributed by atoms with Gasteiger partial charge in [0.05, 0.1) is 13.2 Å². The minimum absolute atomic E-state index is 0. The molecule has 53 valence electrons. The quantitative estimate of drug-likeness (QED) is 0.334. The Labute approximate surface area is 82.4 Å². The second kappa shape index (κ2) is 7.28. The summed E-state index contributed by atoms with van der Waals surface area (Å²) >= 11 is 0.